The molecule has 164 valence electrons. The number of carbonyl (C=O) groups is 1. The van der Waals surface area contributed by atoms with Crippen LogP contribution in [0.2, 0.25) is 10.2 Å². The summed E-state index contributed by atoms with van der Waals surface area (Å²) in [6, 6.07) is 5.90. The minimum Gasteiger partial charge on any atom is -0.395 e. The van der Waals surface area contributed by atoms with Crippen molar-refractivity contribution in [2.75, 3.05) is 39.3 Å². The molecule has 3 heterocycles. The molecule has 0 bridgehead atoms. The summed E-state index contributed by atoms with van der Waals surface area (Å²) in [6.07, 6.45) is 1.84. The van der Waals surface area contributed by atoms with Crippen LogP contribution < -0.4 is 5.56 Å². The lowest BCUT2D eigenvalue weighted by molar-refractivity contribution is 0.0610. The number of aliphatic hydroxyl groups is 1. The Labute approximate surface area is 187 Å². The Kier molecular flexibility index (Phi) is 6.34. The first-order valence-corrected chi connectivity index (χ1v) is 10.6. The van der Waals surface area contributed by atoms with Gasteiger partial charge in [0.2, 0.25) is 0 Å². The maximum Gasteiger partial charge on any atom is 0.272 e. The molecule has 0 saturated carbocycles. The van der Waals surface area contributed by atoms with Crippen LogP contribution >= 0.6 is 23.2 Å². The molecule has 4 rings (SSSR count). The molecule has 1 fully saturated rings. The molecule has 10 heteroatoms. The second kappa shape index (κ2) is 9.00. The average Bonchev–Trinajstić information content (AvgIpc) is 3.07. The highest BCUT2D eigenvalue weighted by atomic mass is 35.5. The zero-order valence-corrected chi connectivity index (χ0v) is 18.1. The van der Waals surface area contributed by atoms with Crippen LogP contribution in [0.25, 0.3) is 5.52 Å². The Morgan fingerprint density at radius 3 is 2.61 bits per heavy atom. The van der Waals surface area contributed by atoms with Crippen LogP contribution in [0.5, 0.6) is 0 Å². The fourth-order valence-corrected chi connectivity index (χ4v) is 4.31. The Bertz CT molecular complexity index is 1190. The third-order valence-corrected chi connectivity index (χ3v) is 6.27. The van der Waals surface area contributed by atoms with E-state index in [0.717, 1.165) is 0 Å². The van der Waals surface area contributed by atoms with Crippen molar-refractivity contribution in [2.45, 2.75) is 6.42 Å². The highest BCUT2D eigenvalue weighted by Gasteiger charge is 2.24. The molecule has 0 radical (unpaired) electrons. The van der Waals surface area contributed by atoms with Gasteiger partial charge in [0.15, 0.2) is 0 Å². The van der Waals surface area contributed by atoms with E-state index in [0.29, 0.717) is 55.9 Å². The van der Waals surface area contributed by atoms with Gasteiger partial charge in [-0.3, -0.25) is 18.9 Å². The van der Waals surface area contributed by atoms with E-state index in [9.17, 15) is 14.0 Å². The number of hydrogen-bond acceptors (Lipinski definition) is 4. The first-order valence-electron chi connectivity index (χ1n) is 9.87. The lowest BCUT2D eigenvalue weighted by atomic mass is 10.0. The van der Waals surface area contributed by atoms with Gasteiger partial charge < -0.3 is 15.0 Å². The van der Waals surface area contributed by atoms with Gasteiger partial charge in [0.25, 0.3) is 11.5 Å². The van der Waals surface area contributed by atoms with Crippen molar-refractivity contribution in [1.29, 1.82) is 0 Å². The van der Waals surface area contributed by atoms with Crippen molar-refractivity contribution in [3.05, 3.63) is 73.6 Å². The number of aliphatic hydroxyl groups excluding tert-OH is 1. The normalized spacial score (nSPS) is 15.0. The fraction of sp³-hybridized carbons (Fsp3) is 0.333. The molecule has 2 N–H and O–H groups in total. The minimum atomic E-state index is -0.583. The number of piperazine rings is 1. The van der Waals surface area contributed by atoms with Gasteiger partial charge >= 0.3 is 0 Å². The first kappa shape index (κ1) is 21.8. The molecule has 0 aliphatic carbocycles. The highest BCUT2D eigenvalue weighted by Crippen LogP contribution is 2.27. The summed E-state index contributed by atoms with van der Waals surface area (Å²) < 4.78 is 16.1. The number of H-pyrrole nitrogens is 1. The summed E-state index contributed by atoms with van der Waals surface area (Å²) in [5, 5.41) is 9.53. The van der Waals surface area contributed by atoms with Gasteiger partial charge in [-0.1, -0.05) is 29.3 Å². The standard InChI is InChI=1S/C21H21Cl2FN4O3/c22-16-11-18-20(30)25-12-14(28(18)19(16)23)9-13-1-2-17(24)15(10-13)21(31)27-5-3-26(4-6-27)7-8-29/h1-2,10-12,29H,3-9H2,(H,25,30). The van der Waals surface area contributed by atoms with Crippen LogP contribution in [0, 0.1) is 5.82 Å². The summed E-state index contributed by atoms with van der Waals surface area (Å²) in [6.45, 7) is 2.84. The number of benzene rings is 1. The van der Waals surface area contributed by atoms with E-state index in [1.165, 1.54) is 24.4 Å². The number of nitrogens with one attached hydrogen (secondary N) is 1. The topological polar surface area (TPSA) is 81.1 Å². The van der Waals surface area contributed by atoms with Crippen molar-refractivity contribution in [3.63, 3.8) is 0 Å². The van der Waals surface area contributed by atoms with Crippen LogP contribution in [-0.2, 0) is 6.42 Å². The predicted octanol–water partition coefficient (Wildman–Crippen LogP) is 2.41. The Morgan fingerprint density at radius 2 is 1.90 bits per heavy atom. The summed E-state index contributed by atoms with van der Waals surface area (Å²) in [5.74, 6) is -0.947. The van der Waals surface area contributed by atoms with Crippen LogP contribution in [-0.4, -0.2) is 69.5 Å². The number of aromatic amines is 1. The maximum absolute atomic E-state index is 14.5. The van der Waals surface area contributed by atoms with Gasteiger partial charge in [0.05, 0.1) is 17.2 Å². The van der Waals surface area contributed by atoms with E-state index >= 15 is 0 Å². The first-order chi connectivity index (χ1) is 14.9. The number of β-amino-alcohol motifs (C(OH)–C–C–N with tert-alkyl or cyclic N) is 1. The van der Waals surface area contributed by atoms with Crippen LogP contribution in [0.1, 0.15) is 21.6 Å². The lowest BCUT2D eigenvalue weighted by Crippen LogP contribution is -2.49. The zero-order valence-electron chi connectivity index (χ0n) is 16.6. The molecule has 3 aromatic rings. The smallest absolute Gasteiger partial charge is 0.272 e. The third kappa shape index (κ3) is 4.34. The van der Waals surface area contributed by atoms with E-state index in [1.54, 1.807) is 15.4 Å². The summed E-state index contributed by atoms with van der Waals surface area (Å²) in [4.78, 5) is 31.3. The molecule has 7 nitrogen and oxygen atoms in total. The van der Waals surface area contributed by atoms with Gasteiger partial charge in [-0.05, 0) is 23.8 Å². The van der Waals surface area contributed by atoms with E-state index in [4.69, 9.17) is 28.3 Å². The average molecular weight is 467 g/mol. The summed E-state index contributed by atoms with van der Waals surface area (Å²) in [7, 11) is 0. The Morgan fingerprint density at radius 1 is 1.16 bits per heavy atom. The lowest BCUT2D eigenvalue weighted by Gasteiger charge is -2.34. The third-order valence-electron chi connectivity index (χ3n) is 5.51. The number of rotatable bonds is 5. The highest BCUT2D eigenvalue weighted by molar-refractivity contribution is 6.42. The molecule has 0 unspecified atom stereocenters. The van der Waals surface area contributed by atoms with Crippen LogP contribution in [0.15, 0.2) is 35.3 Å². The van der Waals surface area contributed by atoms with E-state index in [1.807, 2.05) is 0 Å². The number of amides is 1. The predicted molar refractivity (Wildman–Crippen MR) is 117 cm³/mol. The number of carbonyl (C=O) groups excluding carboxylic acids is 1. The molecule has 1 aliphatic rings. The molecule has 2 aromatic heterocycles. The monoisotopic (exact) mass is 466 g/mol. The molecule has 0 spiro atoms. The van der Waals surface area contributed by atoms with E-state index in [2.05, 4.69) is 9.88 Å². The quantitative estimate of drug-likeness (QED) is 0.604. The molecular weight excluding hydrogens is 446 g/mol. The SMILES string of the molecule is O=C(c1cc(Cc2c[nH]c(=O)c3cc(Cl)c(Cl)n23)ccc1F)N1CCN(CCO)CC1. The molecule has 1 aliphatic heterocycles. The molecule has 1 saturated heterocycles. The number of halogens is 3. The van der Waals surface area contributed by atoms with Crippen molar-refractivity contribution in [3.8, 4) is 0 Å². The van der Waals surface area contributed by atoms with Gasteiger partial charge in [-0.2, -0.15) is 0 Å². The van der Waals surface area contributed by atoms with E-state index in [-0.39, 0.29) is 33.8 Å². The summed E-state index contributed by atoms with van der Waals surface area (Å²) in [5.41, 5.74) is 1.33. The largest absolute Gasteiger partial charge is 0.395 e. The van der Waals surface area contributed by atoms with Crippen LogP contribution in [0.4, 0.5) is 4.39 Å². The van der Waals surface area contributed by atoms with Crippen molar-refractivity contribution >= 4 is 34.6 Å². The molecular formula is C21H21Cl2FN4O3. The minimum absolute atomic E-state index is 0.00501. The fourth-order valence-electron chi connectivity index (χ4n) is 3.86. The second-order valence-electron chi connectivity index (χ2n) is 7.46. The van der Waals surface area contributed by atoms with Crippen molar-refractivity contribution in [2.24, 2.45) is 0 Å². The number of nitrogens with zero attached hydrogens (tertiary/aromatic N) is 3. The molecule has 31 heavy (non-hydrogen) atoms. The Balaban J connectivity index is 1.59. The number of fused-ring (bicyclic) bond motifs is 1. The molecule has 0 atom stereocenters. The van der Waals surface area contributed by atoms with E-state index < -0.39 is 5.82 Å². The summed E-state index contributed by atoms with van der Waals surface area (Å²) >= 11 is 12.3. The zero-order chi connectivity index (χ0) is 22.1. The van der Waals surface area contributed by atoms with Crippen LogP contribution in [0.3, 0.4) is 0 Å². The van der Waals surface area contributed by atoms with Gasteiger partial charge in [-0.25, -0.2) is 4.39 Å². The molecule has 1 aromatic carbocycles. The van der Waals surface area contributed by atoms with Gasteiger partial charge in [0, 0.05) is 51.0 Å². The van der Waals surface area contributed by atoms with Crippen molar-refractivity contribution in [1.82, 2.24) is 19.2 Å². The maximum atomic E-state index is 14.5. The van der Waals surface area contributed by atoms with Gasteiger partial charge in [-0.15, -0.1) is 0 Å². The van der Waals surface area contributed by atoms with Gasteiger partial charge in [0.1, 0.15) is 16.5 Å². The Hall–Kier alpha value is -2.39. The number of hydrogen-bond donors (Lipinski definition) is 2. The van der Waals surface area contributed by atoms with Crippen molar-refractivity contribution < 1.29 is 14.3 Å². The number of aromatic nitrogens is 2. The molecule has 1 amide bonds. The second-order valence-corrected chi connectivity index (χ2v) is 8.23.